The summed E-state index contributed by atoms with van der Waals surface area (Å²) in [5, 5.41) is 7.96. The Balaban J connectivity index is 2.76. The highest BCUT2D eigenvalue weighted by Crippen LogP contribution is 2.20. The Morgan fingerprint density at radius 1 is 1.54 bits per heavy atom. The lowest BCUT2D eigenvalue weighted by molar-refractivity contribution is 0.600. The lowest BCUT2D eigenvalue weighted by atomic mass is 10.3. The van der Waals surface area contributed by atoms with E-state index in [1.54, 1.807) is 12.1 Å². The lowest BCUT2D eigenvalue weighted by Crippen LogP contribution is -2.10. The molecule has 1 aromatic heterocycles. The van der Waals surface area contributed by atoms with Crippen molar-refractivity contribution in [2.75, 3.05) is 13.6 Å². The Kier molecular flexibility index (Phi) is 3.43. The highest BCUT2D eigenvalue weighted by molar-refractivity contribution is 7.91. The molecule has 0 amide bonds. The minimum absolute atomic E-state index is 0.235. The molecule has 74 valence electrons. The van der Waals surface area contributed by atoms with E-state index < -0.39 is 10.0 Å². The molecule has 0 aliphatic carbocycles. The fraction of sp³-hybridized carbons (Fsp3) is 0.429. The number of nitrogens with one attached hydrogen (secondary N) is 1. The molecule has 0 saturated carbocycles. The van der Waals surface area contributed by atoms with Crippen molar-refractivity contribution in [2.24, 2.45) is 5.14 Å². The van der Waals surface area contributed by atoms with Crippen molar-refractivity contribution < 1.29 is 8.42 Å². The van der Waals surface area contributed by atoms with Crippen molar-refractivity contribution in [3.05, 3.63) is 17.0 Å². The normalized spacial score (nSPS) is 11.8. The SMILES string of the molecule is CNCCc1ccc(S(N)(=O)=O)s1. The molecule has 0 aromatic carbocycles. The fourth-order valence-electron chi connectivity index (χ4n) is 0.894. The Bertz CT molecular complexity index is 370. The molecule has 0 aliphatic rings. The van der Waals surface area contributed by atoms with E-state index in [0.29, 0.717) is 0 Å². The van der Waals surface area contributed by atoms with Gasteiger partial charge in [-0.25, -0.2) is 13.6 Å². The second kappa shape index (κ2) is 4.19. The zero-order valence-electron chi connectivity index (χ0n) is 7.28. The van der Waals surface area contributed by atoms with E-state index in [2.05, 4.69) is 5.32 Å². The van der Waals surface area contributed by atoms with Crippen molar-refractivity contribution in [2.45, 2.75) is 10.6 Å². The summed E-state index contributed by atoms with van der Waals surface area (Å²) in [6, 6.07) is 3.34. The van der Waals surface area contributed by atoms with Crippen LogP contribution in [0.2, 0.25) is 0 Å². The van der Waals surface area contributed by atoms with Crippen molar-refractivity contribution in [3.63, 3.8) is 0 Å². The number of hydrogen-bond acceptors (Lipinski definition) is 4. The molecule has 0 spiro atoms. The topological polar surface area (TPSA) is 72.2 Å². The number of nitrogens with two attached hydrogens (primary N) is 1. The summed E-state index contributed by atoms with van der Waals surface area (Å²) < 4.78 is 22.0. The average Bonchev–Trinajstić information content (AvgIpc) is 2.47. The van der Waals surface area contributed by atoms with Gasteiger partial charge in [-0.2, -0.15) is 0 Å². The third kappa shape index (κ3) is 3.07. The predicted molar refractivity (Wildman–Crippen MR) is 53.3 cm³/mol. The van der Waals surface area contributed by atoms with Gasteiger partial charge in [0.1, 0.15) is 4.21 Å². The Morgan fingerprint density at radius 2 is 2.23 bits per heavy atom. The molecule has 0 bridgehead atoms. The van der Waals surface area contributed by atoms with E-state index in [-0.39, 0.29) is 4.21 Å². The van der Waals surface area contributed by atoms with Gasteiger partial charge >= 0.3 is 0 Å². The molecule has 13 heavy (non-hydrogen) atoms. The summed E-state index contributed by atoms with van der Waals surface area (Å²) in [5.74, 6) is 0. The summed E-state index contributed by atoms with van der Waals surface area (Å²) in [7, 11) is -1.65. The van der Waals surface area contributed by atoms with Gasteiger partial charge in [-0.3, -0.25) is 0 Å². The summed E-state index contributed by atoms with van der Waals surface area (Å²) in [5.41, 5.74) is 0. The van der Waals surface area contributed by atoms with Crippen LogP contribution in [0.3, 0.4) is 0 Å². The molecule has 0 radical (unpaired) electrons. The first kappa shape index (κ1) is 10.6. The van der Waals surface area contributed by atoms with Crippen LogP contribution < -0.4 is 10.5 Å². The van der Waals surface area contributed by atoms with Gasteiger partial charge in [0.15, 0.2) is 0 Å². The maximum atomic E-state index is 10.9. The first-order valence-corrected chi connectivity index (χ1v) is 6.16. The minimum Gasteiger partial charge on any atom is -0.319 e. The van der Waals surface area contributed by atoms with Crippen LogP contribution in [0.1, 0.15) is 4.88 Å². The number of primary sulfonamides is 1. The van der Waals surface area contributed by atoms with Crippen molar-refractivity contribution in [1.82, 2.24) is 5.32 Å². The quantitative estimate of drug-likeness (QED) is 0.759. The lowest BCUT2D eigenvalue weighted by Gasteiger charge is -1.94. The van der Waals surface area contributed by atoms with E-state index in [1.807, 2.05) is 7.05 Å². The van der Waals surface area contributed by atoms with E-state index in [4.69, 9.17) is 5.14 Å². The number of hydrogen-bond donors (Lipinski definition) is 2. The zero-order valence-corrected chi connectivity index (χ0v) is 8.91. The number of likely N-dealkylation sites (N-methyl/N-ethyl adjacent to an activating group) is 1. The summed E-state index contributed by atoms with van der Waals surface area (Å²) in [4.78, 5) is 1.03. The highest BCUT2D eigenvalue weighted by Gasteiger charge is 2.10. The van der Waals surface area contributed by atoms with Gasteiger partial charge in [-0.1, -0.05) is 0 Å². The molecule has 0 saturated heterocycles. The summed E-state index contributed by atoms with van der Waals surface area (Å²) in [6.45, 7) is 0.838. The molecule has 0 atom stereocenters. The van der Waals surface area contributed by atoms with Crippen LogP contribution in [0, 0.1) is 0 Å². The summed E-state index contributed by atoms with van der Waals surface area (Å²) >= 11 is 1.23. The van der Waals surface area contributed by atoms with Crippen LogP contribution in [0.4, 0.5) is 0 Å². The van der Waals surface area contributed by atoms with Crippen LogP contribution >= 0.6 is 11.3 Å². The molecule has 1 heterocycles. The predicted octanol–water partition coefficient (Wildman–Crippen LogP) is 0.157. The largest absolute Gasteiger partial charge is 0.319 e. The monoisotopic (exact) mass is 220 g/mol. The highest BCUT2D eigenvalue weighted by atomic mass is 32.2. The first-order valence-electron chi connectivity index (χ1n) is 3.80. The van der Waals surface area contributed by atoms with Gasteiger partial charge in [-0.15, -0.1) is 11.3 Å². The summed E-state index contributed by atoms with van der Waals surface area (Å²) in [6.07, 6.45) is 0.830. The van der Waals surface area contributed by atoms with Crippen LogP contribution in [0.25, 0.3) is 0 Å². The number of sulfonamides is 1. The van der Waals surface area contributed by atoms with Crippen molar-refractivity contribution in [3.8, 4) is 0 Å². The second-order valence-corrected chi connectivity index (χ2v) is 5.58. The van der Waals surface area contributed by atoms with Gasteiger partial charge in [0.05, 0.1) is 0 Å². The molecule has 0 unspecified atom stereocenters. The zero-order chi connectivity index (χ0) is 9.90. The third-order valence-electron chi connectivity index (χ3n) is 1.54. The maximum absolute atomic E-state index is 10.9. The Morgan fingerprint density at radius 3 is 2.69 bits per heavy atom. The molecule has 1 rings (SSSR count). The van der Waals surface area contributed by atoms with Crippen LogP contribution in [0.5, 0.6) is 0 Å². The molecular formula is C7H12N2O2S2. The molecule has 4 nitrogen and oxygen atoms in total. The van der Waals surface area contributed by atoms with Crippen molar-refractivity contribution in [1.29, 1.82) is 0 Å². The van der Waals surface area contributed by atoms with Crippen molar-refractivity contribution >= 4 is 21.4 Å². The molecular weight excluding hydrogens is 208 g/mol. The molecule has 0 aliphatic heterocycles. The molecule has 6 heteroatoms. The Hall–Kier alpha value is -0.430. The van der Waals surface area contributed by atoms with Crippen LogP contribution in [0.15, 0.2) is 16.3 Å². The Labute approximate surface area is 81.8 Å². The first-order chi connectivity index (χ1) is 6.04. The maximum Gasteiger partial charge on any atom is 0.247 e. The van der Waals surface area contributed by atoms with Crippen LogP contribution in [-0.4, -0.2) is 22.0 Å². The fourth-order valence-corrected chi connectivity index (χ4v) is 2.67. The van der Waals surface area contributed by atoms with Gasteiger partial charge in [0.25, 0.3) is 0 Å². The van der Waals surface area contributed by atoms with Gasteiger partial charge < -0.3 is 5.32 Å². The van der Waals surface area contributed by atoms with Crippen LogP contribution in [-0.2, 0) is 16.4 Å². The van der Waals surface area contributed by atoms with E-state index in [1.165, 1.54) is 11.3 Å². The average molecular weight is 220 g/mol. The molecule has 0 fully saturated rings. The standard InChI is InChI=1S/C7H12N2O2S2/c1-9-5-4-6-2-3-7(12-6)13(8,10)11/h2-3,9H,4-5H2,1H3,(H2,8,10,11). The second-order valence-electron chi connectivity index (χ2n) is 2.62. The van der Waals surface area contributed by atoms with Gasteiger partial charge in [-0.05, 0) is 32.1 Å². The van der Waals surface area contributed by atoms with Gasteiger partial charge in [0.2, 0.25) is 10.0 Å². The van der Waals surface area contributed by atoms with Gasteiger partial charge in [0, 0.05) is 4.88 Å². The van der Waals surface area contributed by atoms with E-state index in [0.717, 1.165) is 17.8 Å². The molecule has 3 N–H and O–H groups in total. The molecule has 1 aromatic rings. The minimum atomic E-state index is -3.51. The number of thiophene rings is 1. The number of rotatable bonds is 4. The smallest absolute Gasteiger partial charge is 0.247 e. The van der Waals surface area contributed by atoms with E-state index >= 15 is 0 Å². The van der Waals surface area contributed by atoms with E-state index in [9.17, 15) is 8.42 Å². The third-order valence-corrected chi connectivity index (χ3v) is 4.12.